The molecule has 1 aromatic carbocycles. The lowest BCUT2D eigenvalue weighted by molar-refractivity contribution is -0.199. The van der Waals surface area contributed by atoms with Crippen LogP contribution in [0.3, 0.4) is 0 Å². The molecule has 2 bridgehead atoms. The van der Waals surface area contributed by atoms with Crippen molar-refractivity contribution >= 4 is 24.7 Å². The van der Waals surface area contributed by atoms with Gasteiger partial charge in [0.05, 0.1) is 24.1 Å². The van der Waals surface area contributed by atoms with Crippen molar-refractivity contribution in [2.45, 2.75) is 83.4 Å². The minimum absolute atomic E-state index is 0.0113. The van der Waals surface area contributed by atoms with Crippen LogP contribution in [-0.2, 0) is 20.5 Å². The van der Waals surface area contributed by atoms with Gasteiger partial charge in [0, 0.05) is 0 Å². The van der Waals surface area contributed by atoms with E-state index >= 15 is 0 Å². The maximum Gasteiger partial charge on any atom is 0.477 e. The Hall–Kier alpha value is -1.31. The van der Waals surface area contributed by atoms with E-state index in [2.05, 4.69) is 20.8 Å². The smallest absolute Gasteiger partial charge is 0.477 e. The van der Waals surface area contributed by atoms with Gasteiger partial charge in [-0.1, -0.05) is 13.8 Å². The lowest BCUT2D eigenvalue weighted by atomic mass is 9.43. The second-order valence-electron chi connectivity index (χ2n) is 11.2. The van der Waals surface area contributed by atoms with E-state index in [4.69, 9.17) is 30.4 Å². The summed E-state index contributed by atoms with van der Waals surface area (Å²) in [5.74, 6) is 0.130. The molecule has 3 saturated carbocycles. The minimum Gasteiger partial charge on any atom is -0.496 e. The standard InChI is InChI=1S/C24H33BClFO5/c1-22(2,3)30-21(28)16-12-15(27)8-13(20(16)29-7)9-19(26)25-31-18-11-14-10-17(23(14,4)5)24(18,6)32-25/h8,12,14,17-19H,9-11H2,1-7H3/t14?,17?,18?,19?,24-/m0/s1. The topological polar surface area (TPSA) is 54.0 Å². The van der Waals surface area contributed by atoms with Crippen molar-refractivity contribution in [3.8, 4) is 5.75 Å². The van der Waals surface area contributed by atoms with Crippen LogP contribution in [0.1, 0.15) is 70.3 Å². The zero-order chi connectivity index (χ0) is 23.6. The predicted octanol–water partition coefficient (Wildman–Crippen LogP) is 5.21. The third-order valence-electron chi connectivity index (χ3n) is 7.63. The van der Waals surface area contributed by atoms with Crippen molar-refractivity contribution in [3.05, 3.63) is 29.1 Å². The van der Waals surface area contributed by atoms with Crippen molar-refractivity contribution in [2.24, 2.45) is 17.3 Å². The molecule has 5 rings (SSSR count). The van der Waals surface area contributed by atoms with Crippen LogP contribution in [0.25, 0.3) is 0 Å². The summed E-state index contributed by atoms with van der Waals surface area (Å²) in [6.07, 6.45) is 2.35. The van der Waals surface area contributed by atoms with Crippen LogP contribution < -0.4 is 4.74 Å². The average Bonchev–Trinajstić information content (AvgIpc) is 3.03. The van der Waals surface area contributed by atoms with Crippen LogP contribution in [0.5, 0.6) is 5.75 Å². The van der Waals surface area contributed by atoms with Gasteiger partial charge < -0.3 is 18.8 Å². The Morgan fingerprint density at radius 3 is 2.59 bits per heavy atom. The molecule has 0 N–H and O–H groups in total. The van der Waals surface area contributed by atoms with E-state index in [9.17, 15) is 9.18 Å². The summed E-state index contributed by atoms with van der Waals surface area (Å²) in [6.45, 7) is 12.0. The third kappa shape index (κ3) is 3.94. The molecule has 1 aliphatic heterocycles. The van der Waals surface area contributed by atoms with Crippen molar-refractivity contribution in [2.75, 3.05) is 7.11 Å². The number of halogens is 2. The Morgan fingerprint density at radius 1 is 1.31 bits per heavy atom. The number of ether oxygens (including phenoxy) is 2. The summed E-state index contributed by atoms with van der Waals surface area (Å²) in [5, 5.41) is -0.570. The van der Waals surface area contributed by atoms with E-state index in [0.29, 0.717) is 17.4 Å². The Bertz CT molecular complexity index is 916. The first kappa shape index (κ1) is 23.8. The van der Waals surface area contributed by atoms with Crippen molar-refractivity contribution < 1.29 is 28.0 Å². The van der Waals surface area contributed by atoms with Gasteiger partial charge in [0.25, 0.3) is 0 Å². The van der Waals surface area contributed by atoms with Gasteiger partial charge in [0.1, 0.15) is 22.7 Å². The molecule has 4 aliphatic rings. The van der Waals surface area contributed by atoms with E-state index in [0.717, 1.165) is 18.9 Å². The SMILES string of the molecule is COc1c(CC(Cl)B2OC3CC4CC(C4(C)C)[C@]3(C)O2)cc(F)cc1C(=O)OC(C)(C)C. The fourth-order valence-electron chi connectivity index (χ4n) is 5.89. The fourth-order valence-corrected chi connectivity index (χ4v) is 6.16. The molecule has 1 heterocycles. The number of methoxy groups -OCH3 is 1. The first-order chi connectivity index (χ1) is 14.8. The van der Waals surface area contributed by atoms with E-state index in [1.54, 1.807) is 20.8 Å². The average molecular weight is 467 g/mol. The molecule has 5 atom stereocenters. The molecule has 8 heteroatoms. The highest BCUT2D eigenvalue weighted by atomic mass is 35.5. The number of alkyl halides is 1. The molecule has 5 nitrogen and oxygen atoms in total. The van der Waals surface area contributed by atoms with Crippen LogP contribution in [0.2, 0.25) is 0 Å². The predicted molar refractivity (Wildman–Crippen MR) is 122 cm³/mol. The molecule has 4 fully saturated rings. The number of esters is 1. The Morgan fingerprint density at radius 2 is 2.00 bits per heavy atom. The van der Waals surface area contributed by atoms with Crippen LogP contribution in [0, 0.1) is 23.1 Å². The van der Waals surface area contributed by atoms with Gasteiger partial charge in [-0.2, -0.15) is 0 Å². The van der Waals surface area contributed by atoms with Crippen LogP contribution in [0.15, 0.2) is 12.1 Å². The van der Waals surface area contributed by atoms with Crippen LogP contribution in [0.4, 0.5) is 4.39 Å². The molecular weight excluding hydrogens is 434 g/mol. The van der Waals surface area contributed by atoms with Gasteiger partial charge in [-0.25, -0.2) is 9.18 Å². The molecule has 1 saturated heterocycles. The summed E-state index contributed by atoms with van der Waals surface area (Å²) < 4.78 is 38.1. The fraction of sp³-hybridized carbons (Fsp3) is 0.708. The van der Waals surface area contributed by atoms with E-state index in [1.165, 1.54) is 13.2 Å². The summed E-state index contributed by atoms with van der Waals surface area (Å²) in [7, 11) is 0.834. The highest BCUT2D eigenvalue weighted by Crippen LogP contribution is 2.65. The molecule has 0 spiro atoms. The summed E-state index contributed by atoms with van der Waals surface area (Å²) >= 11 is 6.76. The second kappa shape index (κ2) is 7.88. The third-order valence-corrected chi connectivity index (χ3v) is 7.99. The van der Waals surface area contributed by atoms with Crippen LogP contribution >= 0.6 is 11.6 Å². The first-order valence-corrected chi connectivity index (χ1v) is 11.8. The maximum atomic E-state index is 14.4. The van der Waals surface area contributed by atoms with Gasteiger partial charge >= 0.3 is 13.1 Å². The van der Waals surface area contributed by atoms with E-state index in [-0.39, 0.29) is 34.9 Å². The van der Waals surface area contributed by atoms with Gasteiger partial charge in [-0.15, -0.1) is 11.6 Å². The first-order valence-electron chi connectivity index (χ1n) is 11.3. The second-order valence-corrected chi connectivity index (χ2v) is 11.8. The Labute approximate surface area is 195 Å². The maximum absolute atomic E-state index is 14.4. The highest BCUT2D eigenvalue weighted by molar-refractivity contribution is 6.60. The van der Waals surface area contributed by atoms with Gasteiger partial charge in [-0.05, 0) is 81.9 Å². The summed E-state index contributed by atoms with van der Waals surface area (Å²) in [4.78, 5) is 12.6. The van der Waals surface area contributed by atoms with E-state index in [1.807, 2.05) is 0 Å². The lowest BCUT2D eigenvalue weighted by Gasteiger charge is -2.64. The molecule has 1 aromatic rings. The molecule has 0 amide bonds. The van der Waals surface area contributed by atoms with Gasteiger partial charge in [-0.3, -0.25) is 0 Å². The lowest BCUT2D eigenvalue weighted by Crippen LogP contribution is -2.65. The minimum atomic E-state index is -0.713. The van der Waals surface area contributed by atoms with E-state index < -0.39 is 29.8 Å². The molecule has 0 radical (unpaired) electrons. The quantitative estimate of drug-likeness (QED) is 0.339. The number of rotatable bonds is 5. The largest absolute Gasteiger partial charge is 0.496 e. The molecular formula is C24H33BClFO5. The number of hydrogen-bond acceptors (Lipinski definition) is 5. The molecule has 3 aliphatic carbocycles. The van der Waals surface area contributed by atoms with Crippen LogP contribution in [-0.4, -0.2) is 42.8 Å². The summed E-state index contributed by atoms with van der Waals surface area (Å²) in [5.41, 5.74) is -0.332. The highest BCUT2D eigenvalue weighted by Gasteiger charge is 2.68. The van der Waals surface area contributed by atoms with Crippen molar-refractivity contribution in [1.82, 2.24) is 0 Å². The molecule has 4 unspecified atom stereocenters. The number of carbonyl (C=O) groups excluding carboxylic acids is 1. The monoisotopic (exact) mass is 466 g/mol. The molecule has 32 heavy (non-hydrogen) atoms. The van der Waals surface area contributed by atoms with Gasteiger partial charge in [0.2, 0.25) is 0 Å². The van der Waals surface area contributed by atoms with Gasteiger partial charge in [0.15, 0.2) is 0 Å². The zero-order valence-corrected chi connectivity index (χ0v) is 20.7. The normalized spacial score (nSPS) is 31.5. The zero-order valence-electron chi connectivity index (χ0n) is 20.0. The molecule has 0 aromatic heterocycles. The Balaban J connectivity index is 1.54. The number of carbonyl (C=O) groups is 1. The van der Waals surface area contributed by atoms with Crippen molar-refractivity contribution in [3.63, 3.8) is 0 Å². The number of hydrogen-bond donors (Lipinski definition) is 0. The Kier molecular flexibility index (Phi) is 5.87. The summed E-state index contributed by atoms with van der Waals surface area (Å²) in [6, 6.07) is 2.47. The number of benzene rings is 1. The van der Waals surface area contributed by atoms with Crippen molar-refractivity contribution in [1.29, 1.82) is 0 Å². The molecule has 176 valence electrons.